The zero-order valence-corrected chi connectivity index (χ0v) is 17.1. The lowest BCUT2D eigenvalue weighted by Gasteiger charge is -2.32. The molecule has 7 heteroatoms. The molecule has 1 aliphatic heterocycles. The molecule has 1 saturated heterocycles. The van der Waals surface area contributed by atoms with E-state index >= 15 is 0 Å². The topological polar surface area (TPSA) is 72.8 Å². The number of benzene rings is 1. The second-order valence-electron chi connectivity index (χ2n) is 7.43. The first-order valence-corrected chi connectivity index (χ1v) is 9.69. The molecule has 5 nitrogen and oxygen atoms in total. The van der Waals surface area contributed by atoms with Crippen LogP contribution in [0, 0.1) is 0 Å². The van der Waals surface area contributed by atoms with Gasteiger partial charge in [0.1, 0.15) is 0 Å². The Labute approximate surface area is 165 Å². The molecule has 0 aliphatic carbocycles. The van der Waals surface area contributed by atoms with Crippen LogP contribution >= 0.6 is 11.8 Å². The fourth-order valence-electron chi connectivity index (χ4n) is 2.44. The van der Waals surface area contributed by atoms with Crippen LogP contribution in [0.15, 0.2) is 35.8 Å². The molecule has 1 aliphatic rings. The molecule has 2 rings (SSSR count). The Kier molecular flexibility index (Phi) is 6.73. The summed E-state index contributed by atoms with van der Waals surface area (Å²) in [7, 11) is -0.520. The molecule has 1 N–H and O–H groups in total. The lowest BCUT2D eigenvalue weighted by atomic mass is 9.78. The van der Waals surface area contributed by atoms with Crippen molar-refractivity contribution in [1.29, 1.82) is 0 Å². The Morgan fingerprint density at radius 2 is 1.59 bits per heavy atom. The van der Waals surface area contributed by atoms with Crippen LogP contribution in [0.4, 0.5) is 0 Å². The Morgan fingerprint density at radius 3 is 2.07 bits per heavy atom. The van der Waals surface area contributed by atoms with Crippen molar-refractivity contribution in [2.24, 2.45) is 0 Å². The van der Waals surface area contributed by atoms with Crippen LogP contribution < -0.4 is 0 Å². The van der Waals surface area contributed by atoms with Gasteiger partial charge in [-0.05, 0) is 50.4 Å². The summed E-state index contributed by atoms with van der Waals surface area (Å²) in [5, 5.41) is 8.74. The fraction of sp³-hybridized carbons (Fsp3) is 0.400. The first-order chi connectivity index (χ1) is 12.5. The second kappa shape index (κ2) is 8.46. The average Bonchev–Trinajstić information content (AvgIpc) is 2.78. The molecule has 0 amide bonds. The SMILES string of the molecule is CC(=O)SCC(=Cc1ccc(/C=C/C(=O)O)cc1)B1OC(C)(C)C(C)(C)O1. The van der Waals surface area contributed by atoms with E-state index in [9.17, 15) is 9.59 Å². The van der Waals surface area contributed by atoms with E-state index in [-0.39, 0.29) is 5.12 Å². The van der Waals surface area contributed by atoms with Crippen molar-refractivity contribution in [1.82, 2.24) is 0 Å². The van der Waals surface area contributed by atoms with Crippen LogP contribution in [0.1, 0.15) is 45.7 Å². The zero-order valence-electron chi connectivity index (χ0n) is 16.3. The predicted molar refractivity (Wildman–Crippen MR) is 110 cm³/mol. The van der Waals surface area contributed by atoms with Crippen LogP contribution in [0.3, 0.4) is 0 Å². The Balaban J connectivity index is 2.26. The van der Waals surface area contributed by atoms with E-state index in [1.54, 1.807) is 0 Å². The summed E-state index contributed by atoms with van der Waals surface area (Å²) in [4.78, 5) is 22.1. The quantitative estimate of drug-likeness (QED) is 0.585. The molecule has 1 fully saturated rings. The summed E-state index contributed by atoms with van der Waals surface area (Å²) in [6.45, 7) is 9.51. The number of carboxylic acids is 1. The number of carbonyl (C=O) groups is 2. The molecule has 0 spiro atoms. The molecule has 144 valence electrons. The Morgan fingerprint density at radius 1 is 1.07 bits per heavy atom. The van der Waals surface area contributed by atoms with Gasteiger partial charge in [-0.25, -0.2) is 4.79 Å². The fourth-order valence-corrected chi connectivity index (χ4v) is 3.03. The van der Waals surface area contributed by atoms with E-state index in [4.69, 9.17) is 14.4 Å². The largest absolute Gasteiger partial charge is 0.491 e. The summed E-state index contributed by atoms with van der Waals surface area (Å²) < 4.78 is 12.3. The molecule has 0 radical (unpaired) electrons. The molecule has 1 aromatic rings. The van der Waals surface area contributed by atoms with Gasteiger partial charge >= 0.3 is 13.1 Å². The highest BCUT2D eigenvalue weighted by atomic mass is 32.2. The van der Waals surface area contributed by atoms with Gasteiger partial charge in [0, 0.05) is 18.8 Å². The third-order valence-electron chi connectivity index (χ3n) is 4.70. The van der Waals surface area contributed by atoms with Gasteiger partial charge in [0.2, 0.25) is 0 Å². The monoisotopic (exact) mass is 388 g/mol. The van der Waals surface area contributed by atoms with Gasteiger partial charge in [-0.15, -0.1) is 0 Å². The van der Waals surface area contributed by atoms with Crippen molar-refractivity contribution in [2.75, 3.05) is 5.75 Å². The van der Waals surface area contributed by atoms with Crippen LogP contribution in [0.25, 0.3) is 12.2 Å². The minimum absolute atomic E-state index is 0.0339. The summed E-state index contributed by atoms with van der Waals surface area (Å²) in [6, 6.07) is 7.47. The van der Waals surface area contributed by atoms with Crippen LogP contribution in [0.5, 0.6) is 0 Å². The summed E-state index contributed by atoms with van der Waals surface area (Å²) in [5.74, 6) is -0.504. The van der Waals surface area contributed by atoms with Crippen molar-refractivity contribution >= 4 is 42.1 Å². The highest BCUT2D eigenvalue weighted by molar-refractivity contribution is 8.13. The van der Waals surface area contributed by atoms with Crippen LogP contribution in [-0.4, -0.2) is 40.3 Å². The van der Waals surface area contributed by atoms with Crippen LogP contribution in [-0.2, 0) is 18.9 Å². The van der Waals surface area contributed by atoms with Crippen molar-refractivity contribution in [3.05, 3.63) is 46.9 Å². The third-order valence-corrected chi connectivity index (χ3v) is 5.59. The minimum Gasteiger partial charge on any atom is -0.478 e. The van der Waals surface area contributed by atoms with Gasteiger partial charge in [-0.1, -0.05) is 42.1 Å². The van der Waals surface area contributed by atoms with Gasteiger partial charge < -0.3 is 14.4 Å². The number of aliphatic carboxylic acids is 1. The summed E-state index contributed by atoms with van der Waals surface area (Å²) in [5.41, 5.74) is 1.69. The molecule has 0 atom stereocenters. The number of thioether (sulfide) groups is 1. The Bertz CT molecular complexity index is 749. The van der Waals surface area contributed by atoms with Gasteiger partial charge in [0.15, 0.2) is 5.12 Å². The standard InChI is InChI=1S/C20H25BO5S/c1-14(22)27-13-17(21-25-19(2,3)20(4,5)26-21)12-16-8-6-15(7-9-16)10-11-18(23)24/h6-12H,13H2,1-5H3,(H,23,24)/b11-10+,17-12?. The molecular formula is C20H25BO5S. The molecule has 0 unspecified atom stereocenters. The lowest BCUT2D eigenvalue weighted by Crippen LogP contribution is -2.41. The molecule has 0 bridgehead atoms. The van der Waals surface area contributed by atoms with Crippen molar-refractivity contribution in [3.63, 3.8) is 0 Å². The van der Waals surface area contributed by atoms with E-state index in [1.165, 1.54) is 24.8 Å². The molecule has 0 aromatic heterocycles. The number of carbonyl (C=O) groups excluding carboxylic acids is 1. The maximum absolute atomic E-state index is 11.4. The molecule has 1 heterocycles. The van der Waals surface area contributed by atoms with Gasteiger partial charge in [-0.3, -0.25) is 4.79 Å². The number of hydrogen-bond acceptors (Lipinski definition) is 5. The average molecular weight is 388 g/mol. The summed E-state index contributed by atoms with van der Waals surface area (Å²) in [6.07, 6.45) is 4.60. The third kappa shape index (κ3) is 5.82. The number of hydrogen-bond donors (Lipinski definition) is 1. The Hall–Kier alpha value is -1.83. The molecule has 27 heavy (non-hydrogen) atoms. The van der Waals surface area contributed by atoms with E-state index in [0.29, 0.717) is 5.75 Å². The first-order valence-electron chi connectivity index (χ1n) is 8.71. The van der Waals surface area contributed by atoms with Crippen LogP contribution in [0.2, 0.25) is 0 Å². The summed E-state index contributed by atoms with van der Waals surface area (Å²) >= 11 is 1.22. The number of carboxylic acid groups (broad SMARTS) is 1. The van der Waals surface area contributed by atoms with Gasteiger partial charge in [0.25, 0.3) is 0 Å². The second-order valence-corrected chi connectivity index (χ2v) is 8.58. The van der Waals surface area contributed by atoms with Crippen molar-refractivity contribution < 1.29 is 24.0 Å². The molecule has 1 aromatic carbocycles. The number of rotatable bonds is 6. The van der Waals surface area contributed by atoms with E-state index in [1.807, 2.05) is 58.0 Å². The van der Waals surface area contributed by atoms with E-state index in [0.717, 1.165) is 22.7 Å². The zero-order chi connectivity index (χ0) is 20.2. The highest BCUT2D eigenvalue weighted by Gasteiger charge is 2.52. The van der Waals surface area contributed by atoms with E-state index < -0.39 is 24.3 Å². The molecule has 0 saturated carbocycles. The van der Waals surface area contributed by atoms with Crippen molar-refractivity contribution in [2.45, 2.75) is 45.8 Å². The normalized spacial score (nSPS) is 18.9. The predicted octanol–water partition coefficient (Wildman–Crippen LogP) is 4.08. The van der Waals surface area contributed by atoms with Gasteiger partial charge in [-0.2, -0.15) is 0 Å². The maximum Gasteiger partial charge on any atom is 0.491 e. The molecular weight excluding hydrogens is 363 g/mol. The minimum atomic E-state index is -0.983. The smallest absolute Gasteiger partial charge is 0.478 e. The van der Waals surface area contributed by atoms with E-state index in [2.05, 4.69) is 0 Å². The maximum atomic E-state index is 11.4. The first kappa shape index (κ1) is 21.5. The highest BCUT2D eigenvalue weighted by Crippen LogP contribution is 2.39. The van der Waals surface area contributed by atoms with Crippen molar-refractivity contribution in [3.8, 4) is 0 Å². The van der Waals surface area contributed by atoms with Gasteiger partial charge in [0.05, 0.1) is 11.2 Å². The lowest BCUT2D eigenvalue weighted by molar-refractivity contribution is -0.131.